The Morgan fingerprint density at radius 3 is 2.32 bits per heavy atom. The van der Waals surface area contributed by atoms with Gasteiger partial charge in [0.25, 0.3) is 0 Å². The fourth-order valence-corrected chi connectivity index (χ4v) is 3.83. The summed E-state index contributed by atoms with van der Waals surface area (Å²) in [7, 11) is 0. The van der Waals surface area contributed by atoms with Crippen LogP contribution in [0.1, 0.15) is 17.5 Å². The molecule has 1 aromatic heterocycles. The predicted molar refractivity (Wildman–Crippen MR) is 129 cm³/mol. The Balaban J connectivity index is 1.60. The minimum atomic E-state index is -0.576. The van der Waals surface area contributed by atoms with Gasteiger partial charge in [0.15, 0.2) is 11.4 Å². The summed E-state index contributed by atoms with van der Waals surface area (Å²) in [5, 5.41) is 1.38. The van der Waals surface area contributed by atoms with Crippen LogP contribution in [0.3, 0.4) is 0 Å². The van der Waals surface area contributed by atoms with E-state index < -0.39 is 17.8 Å². The van der Waals surface area contributed by atoms with Gasteiger partial charge in [-0.3, -0.25) is 0 Å². The molecule has 4 aromatic rings. The van der Waals surface area contributed by atoms with Crippen molar-refractivity contribution in [2.45, 2.75) is 19.8 Å². The van der Waals surface area contributed by atoms with Crippen LogP contribution in [0.4, 0.5) is 4.39 Å². The van der Waals surface area contributed by atoms with Crippen molar-refractivity contribution in [1.82, 2.24) is 0 Å². The third-order valence-electron chi connectivity index (χ3n) is 5.61. The number of carbonyl (C=O) groups excluding carboxylic acids is 2. The van der Waals surface area contributed by atoms with Crippen LogP contribution < -0.4 is 4.74 Å². The first kappa shape index (κ1) is 23.0. The highest BCUT2D eigenvalue weighted by Gasteiger charge is 2.19. The van der Waals surface area contributed by atoms with Crippen molar-refractivity contribution in [3.63, 3.8) is 0 Å². The van der Waals surface area contributed by atoms with Crippen molar-refractivity contribution in [2.24, 2.45) is 0 Å². The molecule has 0 unspecified atom stereocenters. The molecule has 0 saturated carbocycles. The summed E-state index contributed by atoms with van der Waals surface area (Å²) in [5.41, 5.74) is 3.42. The number of hydrogen-bond acceptors (Lipinski definition) is 5. The quantitative estimate of drug-likeness (QED) is 0.131. The van der Waals surface area contributed by atoms with Gasteiger partial charge < -0.3 is 13.9 Å². The van der Waals surface area contributed by atoms with Gasteiger partial charge in [-0.05, 0) is 49.1 Å². The normalized spacial score (nSPS) is 10.9. The van der Waals surface area contributed by atoms with E-state index in [4.69, 9.17) is 13.9 Å². The Morgan fingerprint density at radius 1 is 0.941 bits per heavy atom. The molecule has 0 radical (unpaired) electrons. The molecule has 4 rings (SSSR count). The lowest BCUT2D eigenvalue weighted by atomic mass is 10.00. The van der Waals surface area contributed by atoms with Crippen LogP contribution in [-0.2, 0) is 20.7 Å². The second kappa shape index (κ2) is 9.75. The molecule has 34 heavy (non-hydrogen) atoms. The average Bonchev–Trinajstić information content (AvgIpc) is 3.24. The Kier molecular flexibility index (Phi) is 6.59. The SMILES string of the molecule is C=CC(=O)OCCCc1ccc(-c2ccc3c(oc4c(C)c(OC(=O)C=C)ccc43)c2F)cc1. The molecule has 0 bridgehead atoms. The number of hydrogen-bond donors (Lipinski definition) is 0. The summed E-state index contributed by atoms with van der Waals surface area (Å²) < 4.78 is 31.6. The minimum absolute atomic E-state index is 0.149. The molecule has 1 heterocycles. The minimum Gasteiger partial charge on any atom is -0.463 e. The van der Waals surface area contributed by atoms with Gasteiger partial charge in [-0.15, -0.1) is 0 Å². The van der Waals surface area contributed by atoms with Crippen LogP contribution >= 0.6 is 0 Å². The molecule has 6 heteroatoms. The van der Waals surface area contributed by atoms with Gasteiger partial charge >= 0.3 is 11.9 Å². The first-order valence-corrected chi connectivity index (χ1v) is 10.8. The maximum absolute atomic E-state index is 15.5. The fourth-order valence-electron chi connectivity index (χ4n) is 3.83. The Labute approximate surface area is 196 Å². The summed E-state index contributed by atoms with van der Waals surface area (Å²) in [6.45, 7) is 8.83. The summed E-state index contributed by atoms with van der Waals surface area (Å²) >= 11 is 0. The number of fused-ring (bicyclic) bond motifs is 3. The molecule has 0 N–H and O–H groups in total. The third-order valence-corrected chi connectivity index (χ3v) is 5.61. The van der Waals surface area contributed by atoms with Crippen molar-refractivity contribution >= 4 is 33.9 Å². The Bertz CT molecular complexity index is 1410. The van der Waals surface area contributed by atoms with Crippen molar-refractivity contribution in [3.8, 4) is 16.9 Å². The molecular weight excluding hydrogens is 435 g/mol. The number of benzene rings is 3. The maximum atomic E-state index is 15.5. The molecule has 0 aliphatic rings. The highest BCUT2D eigenvalue weighted by molar-refractivity contribution is 6.07. The first-order chi connectivity index (χ1) is 16.4. The standard InChI is InChI=1S/C28H23FO5/c1-4-24(30)32-16-6-7-18-8-10-19(11-9-18)20-12-13-22-21-14-15-23(33-25(31)5-2)17(3)27(21)34-28(22)26(20)29/h4-5,8-15H,1-2,6-7,16H2,3H3. The van der Waals surface area contributed by atoms with Gasteiger partial charge in [0.05, 0.1) is 6.61 Å². The Morgan fingerprint density at radius 2 is 1.62 bits per heavy atom. The number of furan rings is 1. The smallest absolute Gasteiger partial charge is 0.335 e. The van der Waals surface area contributed by atoms with Gasteiger partial charge in [-0.1, -0.05) is 43.5 Å². The summed E-state index contributed by atoms with van der Waals surface area (Å²) in [4.78, 5) is 22.7. The van der Waals surface area contributed by atoms with Gasteiger partial charge in [0, 0.05) is 34.1 Å². The van der Waals surface area contributed by atoms with E-state index >= 15 is 4.39 Å². The summed E-state index contributed by atoms with van der Waals surface area (Å²) in [5.74, 6) is -1.13. The van der Waals surface area contributed by atoms with Gasteiger partial charge in [0.2, 0.25) is 0 Å². The van der Waals surface area contributed by atoms with Crippen LogP contribution in [-0.4, -0.2) is 18.5 Å². The van der Waals surface area contributed by atoms with E-state index in [-0.39, 0.29) is 5.58 Å². The molecule has 0 fully saturated rings. The van der Waals surface area contributed by atoms with Gasteiger partial charge in [-0.25, -0.2) is 14.0 Å². The molecule has 172 valence electrons. The number of aryl methyl sites for hydroxylation is 2. The van der Waals surface area contributed by atoms with Crippen LogP contribution in [0.5, 0.6) is 5.75 Å². The lowest BCUT2D eigenvalue weighted by Crippen LogP contribution is -2.04. The van der Waals surface area contributed by atoms with E-state index in [0.29, 0.717) is 40.9 Å². The number of halogens is 1. The molecule has 3 aromatic carbocycles. The molecule has 0 spiro atoms. The second-order valence-corrected chi connectivity index (χ2v) is 7.77. The van der Waals surface area contributed by atoms with E-state index in [9.17, 15) is 9.59 Å². The average molecular weight is 458 g/mol. The number of rotatable bonds is 8. The van der Waals surface area contributed by atoms with Crippen molar-refractivity contribution in [2.75, 3.05) is 6.61 Å². The number of esters is 2. The Hall–Kier alpha value is -4.19. The second-order valence-electron chi connectivity index (χ2n) is 7.77. The van der Waals surface area contributed by atoms with Crippen LogP contribution in [0.25, 0.3) is 33.1 Å². The van der Waals surface area contributed by atoms with E-state index in [1.165, 1.54) is 0 Å². The molecule has 0 aliphatic heterocycles. The maximum Gasteiger partial charge on any atom is 0.335 e. The molecule has 0 atom stereocenters. The number of carbonyl (C=O) groups is 2. The lowest BCUT2D eigenvalue weighted by Gasteiger charge is -2.07. The molecule has 5 nitrogen and oxygen atoms in total. The molecule has 0 aliphatic carbocycles. The molecule has 0 amide bonds. The molecular formula is C28H23FO5. The number of ether oxygens (including phenoxy) is 2. The lowest BCUT2D eigenvalue weighted by molar-refractivity contribution is -0.137. The van der Waals surface area contributed by atoms with Gasteiger partial charge in [-0.2, -0.15) is 0 Å². The zero-order valence-corrected chi connectivity index (χ0v) is 18.7. The van der Waals surface area contributed by atoms with Crippen molar-refractivity contribution < 1.29 is 27.9 Å². The van der Waals surface area contributed by atoms with E-state index in [1.54, 1.807) is 25.1 Å². The topological polar surface area (TPSA) is 65.7 Å². The first-order valence-electron chi connectivity index (χ1n) is 10.8. The van der Waals surface area contributed by atoms with E-state index in [0.717, 1.165) is 35.1 Å². The fraction of sp³-hybridized carbons (Fsp3) is 0.143. The summed E-state index contributed by atoms with van der Waals surface area (Å²) in [6.07, 6.45) is 3.63. The predicted octanol–water partition coefficient (Wildman–Crippen LogP) is 6.45. The van der Waals surface area contributed by atoms with E-state index in [1.807, 2.05) is 30.3 Å². The largest absolute Gasteiger partial charge is 0.463 e. The van der Waals surface area contributed by atoms with Crippen LogP contribution in [0.2, 0.25) is 0 Å². The zero-order chi connectivity index (χ0) is 24.2. The summed E-state index contributed by atoms with van der Waals surface area (Å²) in [6, 6.07) is 14.5. The van der Waals surface area contributed by atoms with Crippen LogP contribution in [0.15, 0.2) is 78.3 Å². The zero-order valence-electron chi connectivity index (χ0n) is 18.7. The van der Waals surface area contributed by atoms with Crippen molar-refractivity contribution in [3.05, 3.63) is 90.8 Å². The van der Waals surface area contributed by atoms with Crippen LogP contribution in [0, 0.1) is 12.7 Å². The van der Waals surface area contributed by atoms with Crippen molar-refractivity contribution in [1.29, 1.82) is 0 Å². The molecule has 0 saturated heterocycles. The monoisotopic (exact) mass is 458 g/mol. The third kappa shape index (κ3) is 4.48. The van der Waals surface area contributed by atoms with Gasteiger partial charge in [0.1, 0.15) is 11.3 Å². The van der Waals surface area contributed by atoms with E-state index in [2.05, 4.69) is 13.2 Å². The highest BCUT2D eigenvalue weighted by atomic mass is 19.1. The highest BCUT2D eigenvalue weighted by Crippen LogP contribution is 2.38.